The van der Waals surface area contributed by atoms with Gasteiger partial charge in [0.2, 0.25) is 0 Å². The molecule has 0 spiro atoms. The minimum absolute atomic E-state index is 0.0254. The van der Waals surface area contributed by atoms with E-state index in [0.717, 1.165) is 6.20 Å². The summed E-state index contributed by atoms with van der Waals surface area (Å²) in [6.07, 6.45) is 2.29. The maximum Gasteiger partial charge on any atom is 0.328 e. The van der Waals surface area contributed by atoms with Gasteiger partial charge in [0.25, 0.3) is 0 Å². The van der Waals surface area contributed by atoms with E-state index in [0.29, 0.717) is 17.0 Å². The summed E-state index contributed by atoms with van der Waals surface area (Å²) in [6, 6.07) is 8.24. The van der Waals surface area contributed by atoms with Crippen LogP contribution in [0.5, 0.6) is 0 Å². The fourth-order valence-electron chi connectivity index (χ4n) is 3.08. The van der Waals surface area contributed by atoms with E-state index in [9.17, 15) is 18.7 Å². The number of aromatic nitrogens is 5. The number of methoxy groups -OCH3 is 1. The van der Waals surface area contributed by atoms with Crippen LogP contribution in [-0.2, 0) is 16.1 Å². The van der Waals surface area contributed by atoms with Gasteiger partial charge in [0.15, 0.2) is 17.5 Å². The van der Waals surface area contributed by atoms with Gasteiger partial charge in [-0.1, -0.05) is 23.4 Å². The van der Waals surface area contributed by atoms with Crippen LogP contribution < -0.4 is 5.32 Å². The van der Waals surface area contributed by atoms with Crippen LogP contribution in [0.1, 0.15) is 5.56 Å². The topological polar surface area (TPSA) is 128 Å². The highest BCUT2D eigenvalue weighted by atomic mass is 19.1. The maximum absolute atomic E-state index is 14.3. The van der Waals surface area contributed by atoms with Crippen molar-refractivity contribution in [2.45, 2.75) is 12.6 Å². The van der Waals surface area contributed by atoms with Crippen molar-refractivity contribution in [3.8, 4) is 22.9 Å². The normalized spacial score (nSPS) is 12.0. The molecule has 1 aromatic carbocycles. The van der Waals surface area contributed by atoms with Crippen LogP contribution in [0, 0.1) is 11.6 Å². The number of hydrogen-bond acceptors (Lipinski definition) is 8. The van der Waals surface area contributed by atoms with Gasteiger partial charge in [0, 0.05) is 18.7 Å². The lowest BCUT2D eigenvalue weighted by atomic mass is 10.2. The molecule has 0 amide bonds. The van der Waals surface area contributed by atoms with Crippen LogP contribution in [0.25, 0.3) is 22.9 Å². The van der Waals surface area contributed by atoms with Crippen LogP contribution >= 0.6 is 0 Å². The molecule has 0 saturated heterocycles. The number of halogens is 2. The number of carbonyl (C=O) groups is 1. The molecule has 170 valence electrons. The Bertz CT molecular complexity index is 1260. The summed E-state index contributed by atoms with van der Waals surface area (Å²) in [6.45, 7) is -0.127. The smallest absolute Gasteiger partial charge is 0.328 e. The van der Waals surface area contributed by atoms with Crippen molar-refractivity contribution in [3.63, 3.8) is 0 Å². The molecule has 2 N–H and O–H groups in total. The summed E-state index contributed by atoms with van der Waals surface area (Å²) in [7, 11) is 1.33. The Balaban J connectivity index is 1.72. The molecule has 0 saturated carbocycles. The van der Waals surface area contributed by atoms with Crippen molar-refractivity contribution >= 4 is 11.8 Å². The number of anilines is 1. The van der Waals surface area contributed by atoms with E-state index in [1.807, 2.05) is 0 Å². The molecule has 33 heavy (non-hydrogen) atoms. The molecular weight excluding hydrogens is 438 g/mol. The molecule has 3 aromatic heterocycles. The Morgan fingerprint density at radius 2 is 2.06 bits per heavy atom. The molecule has 4 rings (SSSR count). The van der Waals surface area contributed by atoms with E-state index in [1.54, 1.807) is 30.3 Å². The summed E-state index contributed by atoms with van der Waals surface area (Å²) in [5, 5.41) is 20.1. The van der Waals surface area contributed by atoms with E-state index < -0.39 is 23.6 Å². The Morgan fingerprint density at radius 3 is 2.76 bits per heavy atom. The molecular formula is C21H18F2N6O4. The highest BCUT2D eigenvalue weighted by Gasteiger charge is 2.22. The van der Waals surface area contributed by atoms with Gasteiger partial charge in [-0.25, -0.2) is 23.5 Å². The molecule has 0 aliphatic rings. The minimum Gasteiger partial charge on any atom is -0.480 e. The number of carboxylic acid groups (broad SMARTS) is 1. The molecule has 12 heteroatoms. The molecule has 0 unspecified atom stereocenters. The van der Waals surface area contributed by atoms with Crippen molar-refractivity contribution in [1.29, 1.82) is 0 Å². The third kappa shape index (κ3) is 4.85. The highest BCUT2D eigenvalue weighted by Crippen LogP contribution is 2.26. The third-order valence-corrected chi connectivity index (χ3v) is 4.67. The fourth-order valence-corrected chi connectivity index (χ4v) is 3.08. The van der Waals surface area contributed by atoms with E-state index in [1.165, 1.54) is 24.1 Å². The van der Waals surface area contributed by atoms with Gasteiger partial charge < -0.3 is 19.7 Å². The van der Waals surface area contributed by atoms with Gasteiger partial charge in [0.05, 0.1) is 25.0 Å². The second-order valence-corrected chi connectivity index (χ2v) is 6.93. The van der Waals surface area contributed by atoms with Gasteiger partial charge in [-0.3, -0.25) is 4.68 Å². The Hall–Kier alpha value is -4.19. The number of aliphatic carboxylic acids is 1. The molecule has 0 fully saturated rings. The van der Waals surface area contributed by atoms with Crippen molar-refractivity contribution in [3.05, 3.63) is 66.1 Å². The van der Waals surface area contributed by atoms with E-state index in [2.05, 4.69) is 25.5 Å². The number of rotatable bonds is 9. The van der Waals surface area contributed by atoms with Gasteiger partial charge in [0.1, 0.15) is 29.5 Å². The zero-order chi connectivity index (χ0) is 23.4. The second kappa shape index (κ2) is 9.53. The molecule has 3 heterocycles. The first kappa shape index (κ1) is 22.0. The molecule has 4 aromatic rings. The summed E-state index contributed by atoms with van der Waals surface area (Å²) in [5.74, 6) is -2.78. The maximum atomic E-state index is 14.3. The van der Waals surface area contributed by atoms with Gasteiger partial charge >= 0.3 is 5.97 Å². The zero-order valence-corrected chi connectivity index (χ0v) is 17.3. The molecule has 1 atom stereocenters. The quantitative estimate of drug-likeness (QED) is 0.391. The number of nitrogens with one attached hydrogen (secondary N) is 1. The highest BCUT2D eigenvalue weighted by molar-refractivity contribution is 5.77. The molecule has 0 bridgehead atoms. The predicted molar refractivity (Wildman–Crippen MR) is 111 cm³/mol. The monoisotopic (exact) mass is 456 g/mol. The summed E-state index contributed by atoms with van der Waals surface area (Å²) >= 11 is 0. The van der Waals surface area contributed by atoms with Crippen molar-refractivity contribution in [2.24, 2.45) is 0 Å². The van der Waals surface area contributed by atoms with E-state index >= 15 is 0 Å². The Morgan fingerprint density at radius 1 is 1.24 bits per heavy atom. The lowest BCUT2D eigenvalue weighted by Crippen LogP contribution is -2.34. The van der Waals surface area contributed by atoms with Gasteiger partial charge in [-0.05, 0) is 12.1 Å². The lowest BCUT2D eigenvalue weighted by Gasteiger charge is -2.14. The number of nitrogens with zero attached hydrogens (tertiary/aromatic N) is 5. The van der Waals surface area contributed by atoms with Crippen LogP contribution in [0.15, 0.2) is 53.4 Å². The van der Waals surface area contributed by atoms with Crippen LogP contribution in [-0.4, -0.2) is 55.7 Å². The fraction of sp³-hybridized carbons (Fsp3) is 0.190. The average Bonchev–Trinajstić information content (AvgIpc) is 3.46. The first-order valence-corrected chi connectivity index (χ1v) is 9.69. The molecule has 0 aliphatic carbocycles. The van der Waals surface area contributed by atoms with Crippen LogP contribution in [0.4, 0.5) is 14.6 Å². The standard InChI is InChI=1S/C21H18F2N6O4/c1-32-11-17(21(30)31)25-19-14(23)9-24-20(26-19)16-8-18(15-6-7-33-28-15)29(27-16)10-12-4-2-3-5-13(12)22/h2-9,17H,10-11H2,1H3,(H,30,31)(H,24,25,26)/t17-/m0/s1. The van der Waals surface area contributed by atoms with Crippen molar-refractivity contribution < 1.29 is 27.9 Å². The lowest BCUT2D eigenvalue weighted by molar-refractivity contribution is -0.139. The largest absolute Gasteiger partial charge is 0.480 e. The van der Waals surface area contributed by atoms with E-state index in [4.69, 9.17) is 9.26 Å². The molecule has 0 radical (unpaired) electrons. The van der Waals surface area contributed by atoms with Crippen LogP contribution in [0.3, 0.4) is 0 Å². The van der Waals surface area contributed by atoms with Crippen molar-refractivity contribution in [1.82, 2.24) is 24.9 Å². The number of carboxylic acids is 1. The number of ether oxygens (including phenoxy) is 1. The van der Waals surface area contributed by atoms with E-state index in [-0.39, 0.29) is 30.5 Å². The average molecular weight is 456 g/mol. The Labute approximate surface area is 185 Å². The van der Waals surface area contributed by atoms with Gasteiger partial charge in [-0.15, -0.1) is 0 Å². The molecule has 0 aliphatic heterocycles. The SMILES string of the molecule is COC[C@H](Nc1nc(-c2cc(-c3ccon3)n(Cc3ccccc3F)n2)ncc1F)C(=O)O. The first-order chi connectivity index (χ1) is 16.0. The second-order valence-electron chi connectivity index (χ2n) is 6.93. The van der Waals surface area contributed by atoms with Gasteiger partial charge in [-0.2, -0.15) is 5.10 Å². The summed E-state index contributed by atoms with van der Waals surface area (Å²) < 4.78 is 39.8. The number of benzene rings is 1. The number of hydrogen-bond donors (Lipinski definition) is 2. The minimum atomic E-state index is -1.24. The summed E-state index contributed by atoms with van der Waals surface area (Å²) in [4.78, 5) is 19.4. The third-order valence-electron chi connectivity index (χ3n) is 4.67. The van der Waals surface area contributed by atoms with Crippen LogP contribution in [0.2, 0.25) is 0 Å². The summed E-state index contributed by atoms with van der Waals surface area (Å²) in [5.41, 5.74) is 1.57. The first-order valence-electron chi connectivity index (χ1n) is 9.69. The van der Waals surface area contributed by atoms with Crippen molar-refractivity contribution in [2.75, 3.05) is 19.0 Å². The molecule has 10 nitrogen and oxygen atoms in total. The predicted octanol–water partition coefficient (Wildman–Crippen LogP) is 2.83. The zero-order valence-electron chi connectivity index (χ0n) is 17.3. The Kier molecular flexibility index (Phi) is 6.36.